The number of carbonyl (C=O) groups is 3. The van der Waals surface area contributed by atoms with Crippen LogP contribution in [0.25, 0.3) is 11.2 Å². The first-order chi connectivity index (χ1) is 9.50. The molecule has 2 aromatic heterocycles. The smallest absolute Gasteiger partial charge is 0.448 e. The number of hydrogen-bond acceptors (Lipinski definition) is 7. The molecule has 1 saturated heterocycles. The van der Waals surface area contributed by atoms with Gasteiger partial charge in [-0.05, 0) is 6.07 Å². The predicted octanol–water partition coefficient (Wildman–Crippen LogP) is 0.449. The lowest BCUT2D eigenvalue weighted by molar-refractivity contribution is -0.177. The van der Waals surface area contributed by atoms with E-state index in [0.717, 1.165) is 6.26 Å². The molecule has 0 bridgehead atoms. The molecule has 0 aromatic carbocycles. The standard InChI is InChI=1S/C11H7NO8/c13-7-6(5-3-19-10-4(5)1-2-18-10)8(14)12(9(7)15)20-11(16)17/h1-3,6-7,13H,(H,16,17). The van der Waals surface area contributed by atoms with Gasteiger partial charge in [0.05, 0.1) is 17.9 Å². The molecular formula is C11H7NO8. The molecule has 0 spiro atoms. The molecule has 2 atom stereocenters. The van der Waals surface area contributed by atoms with Crippen molar-refractivity contribution in [1.82, 2.24) is 5.06 Å². The SMILES string of the molecule is O=C(O)ON1C(=O)C(O)C(c2coc3occc23)C1=O. The zero-order chi connectivity index (χ0) is 14.4. The van der Waals surface area contributed by atoms with Crippen LogP contribution in [0.15, 0.2) is 27.4 Å². The number of aliphatic hydroxyl groups excluding tert-OH is 1. The molecule has 9 heteroatoms. The highest BCUT2D eigenvalue weighted by atomic mass is 16.8. The molecule has 0 saturated carbocycles. The summed E-state index contributed by atoms with van der Waals surface area (Å²) in [5.74, 6) is -3.32. The van der Waals surface area contributed by atoms with Crippen LogP contribution in [-0.4, -0.2) is 39.3 Å². The van der Waals surface area contributed by atoms with Crippen molar-refractivity contribution in [2.75, 3.05) is 0 Å². The second-order valence-corrected chi connectivity index (χ2v) is 4.06. The molecule has 1 aliphatic rings. The number of hydroxylamine groups is 2. The van der Waals surface area contributed by atoms with Gasteiger partial charge < -0.3 is 19.0 Å². The number of carboxylic acid groups (broad SMARTS) is 1. The van der Waals surface area contributed by atoms with E-state index in [1.165, 1.54) is 12.3 Å². The van der Waals surface area contributed by atoms with Gasteiger partial charge in [0.1, 0.15) is 5.92 Å². The highest BCUT2D eigenvalue weighted by Gasteiger charge is 2.51. The summed E-state index contributed by atoms with van der Waals surface area (Å²) in [6.07, 6.45) is -1.10. The quantitative estimate of drug-likeness (QED) is 0.758. The van der Waals surface area contributed by atoms with Crippen LogP contribution in [-0.2, 0) is 14.4 Å². The van der Waals surface area contributed by atoms with Gasteiger partial charge in [-0.2, -0.15) is 0 Å². The molecule has 9 nitrogen and oxygen atoms in total. The lowest BCUT2D eigenvalue weighted by Crippen LogP contribution is -2.33. The second kappa shape index (κ2) is 4.10. The Morgan fingerprint density at radius 1 is 1.30 bits per heavy atom. The van der Waals surface area contributed by atoms with Gasteiger partial charge in [0.25, 0.3) is 17.6 Å². The van der Waals surface area contributed by atoms with Crippen molar-refractivity contribution >= 4 is 29.1 Å². The fourth-order valence-electron chi connectivity index (χ4n) is 2.13. The number of aliphatic hydroxyl groups is 1. The largest absolute Gasteiger partial charge is 0.531 e. The van der Waals surface area contributed by atoms with Crippen LogP contribution in [0.5, 0.6) is 0 Å². The third-order valence-corrected chi connectivity index (χ3v) is 2.97. The van der Waals surface area contributed by atoms with Crippen LogP contribution in [0, 0.1) is 0 Å². The fraction of sp³-hybridized carbons (Fsp3) is 0.182. The monoisotopic (exact) mass is 281 g/mol. The van der Waals surface area contributed by atoms with Crippen molar-refractivity contribution in [2.45, 2.75) is 12.0 Å². The van der Waals surface area contributed by atoms with Crippen molar-refractivity contribution < 1.29 is 38.3 Å². The van der Waals surface area contributed by atoms with Crippen molar-refractivity contribution in [3.05, 3.63) is 24.2 Å². The number of rotatable bonds is 2. The van der Waals surface area contributed by atoms with E-state index in [1.807, 2.05) is 0 Å². The molecule has 3 heterocycles. The average Bonchev–Trinajstić information content (AvgIpc) is 3.02. The second-order valence-electron chi connectivity index (χ2n) is 4.06. The topological polar surface area (TPSA) is 130 Å². The molecule has 1 aliphatic heterocycles. The third kappa shape index (κ3) is 1.57. The lowest BCUT2D eigenvalue weighted by atomic mass is 9.96. The summed E-state index contributed by atoms with van der Waals surface area (Å²) in [4.78, 5) is 38.2. The first kappa shape index (κ1) is 12.2. The Hall–Kier alpha value is -2.81. The first-order valence-corrected chi connectivity index (χ1v) is 5.42. The Kier molecular flexibility index (Phi) is 2.51. The fourth-order valence-corrected chi connectivity index (χ4v) is 2.13. The summed E-state index contributed by atoms with van der Waals surface area (Å²) >= 11 is 0. The Morgan fingerprint density at radius 2 is 2.05 bits per heavy atom. The molecule has 2 amide bonds. The Balaban J connectivity index is 2.02. The number of fused-ring (bicyclic) bond motifs is 1. The molecule has 20 heavy (non-hydrogen) atoms. The number of nitrogens with zero attached hydrogens (tertiary/aromatic N) is 1. The maximum Gasteiger partial charge on any atom is 0.531 e. The number of furan rings is 2. The number of hydrogen-bond donors (Lipinski definition) is 2. The van der Waals surface area contributed by atoms with Gasteiger partial charge in [-0.1, -0.05) is 5.06 Å². The van der Waals surface area contributed by atoms with E-state index in [2.05, 4.69) is 4.84 Å². The van der Waals surface area contributed by atoms with E-state index >= 15 is 0 Å². The number of imide groups is 1. The van der Waals surface area contributed by atoms with Gasteiger partial charge in [-0.3, -0.25) is 14.4 Å². The van der Waals surface area contributed by atoms with Crippen molar-refractivity contribution in [1.29, 1.82) is 0 Å². The predicted molar refractivity (Wildman–Crippen MR) is 58.2 cm³/mol. The highest BCUT2D eigenvalue weighted by molar-refractivity contribution is 6.09. The molecule has 2 unspecified atom stereocenters. The van der Waals surface area contributed by atoms with Crippen LogP contribution in [0.3, 0.4) is 0 Å². The van der Waals surface area contributed by atoms with Crippen LogP contribution in [0.4, 0.5) is 4.79 Å². The van der Waals surface area contributed by atoms with E-state index in [-0.39, 0.29) is 16.4 Å². The van der Waals surface area contributed by atoms with E-state index < -0.39 is 30.0 Å². The summed E-state index contributed by atoms with van der Waals surface area (Å²) in [5, 5.41) is 18.7. The normalized spacial score (nSPS) is 22.8. The lowest BCUT2D eigenvalue weighted by Gasteiger charge is -2.09. The maximum atomic E-state index is 12.0. The van der Waals surface area contributed by atoms with Crippen LogP contribution >= 0.6 is 0 Å². The maximum absolute atomic E-state index is 12.0. The van der Waals surface area contributed by atoms with Crippen LogP contribution in [0.1, 0.15) is 11.5 Å². The van der Waals surface area contributed by atoms with E-state index in [9.17, 15) is 19.5 Å². The molecule has 1 fully saturated rings. The summed E-state index contributed by atoms with van der Waals surface area (Å²) in [7, 11) is 0. The highest BCUT2D eigenvalue weighted by Crippen LogP contribution is 2.36. The minimum Gasteiger partial charge on any atom is -0.448 e. The first-order valence-electron chi connectivity index (χ1n) is 5.42. The van der Waals surface area contributed by atoms with Crippen LogP contribution in [0.2, 0.25) is 0 Å². The van der Waals surface area contributed by atoms with Gasteiger partial charge in [-0.15, -0.1) is 0 Å². The van der Waals surface area contributed by atoms with Gasteiger partial charge in [0.15, 0.2) is 6.10 Å². The third-order valence-electron chi connectivity index (χ3n) is 2.97. The Bertz CT molecular complexity index is 713. The molecule has 0 aliphatic carbocycles. The summed E-state index contributed by atoms with van der Waals surface area (Å²) in [5.41, 5.74) is 0.219. The minimum atomic E-state index is -1.83. The molecule has 3 rings (SSSR count). The van der Waals surface area contributed by atoms with E-state index in [4.69, 9.17) is 13.9 Å². The summed E-state index contributed by atoms with van der Waals surface area (Å²) < 4.78 is 10.00. The number of carbonyl (C=O) groups excluding carboxylic acids is 2. The van der Waals surface area contributed by atoms with Crippen molar-refractivity contribution in [2.24, 2.45) is 0 Å². The van der Waals surface area contributed by atoms with Crippen molar-refractivity contribution in [3.8, 4) is 0 Å². The zero-order valence-corrected chi connectivity index (χ0v) is 9.68. The Morgan fingerprint density at radius 3 is 2.75 bits per heavy atom. The van der Waals surface area contributed by atoms with Gasteiger partial charge in [-0.25, -0.2) is 4.79 Å². The summed E-state index contributed by atoms with van der Waals surface area (Å²) in [6, 6.07) is 1.50. The minimum absolute atomic E-state index is 0.0244. The molecule has 0 radical (unpaired) electrons. The molecule has 104 valence electrons. The molecule has 2 aromatic rings. The average molecular weight is 281 g/mol. The van der Waals surface area contributed by atoms with E-state index in [0.29, 0.717) is 5.39 Å². The zero-order valence-electron chi connectivity index (χ0n) is 9.68. The molecule has 2 N–H and O–H groups in total. The van der Waals surface area contributed by atoms with Crippen LogP contribution < -0.4 is 0 Å². The molecular weight excluding hydrogens is 274 g/mol. The summed E-state index contributed by atoms with van der Waals surface area (Å²) in [6.45, 7) is 0. The van der Waals surface area contributed by atoms with Crippen molar-refractivity contribution in [3.63, 3.8) is 0 Å². The van der Waals surface area contributed by atoms with Gasteiger partial charge >= 0.3 is 6.16 Å². The van der Waals surface area contributed by atoms with Gasteiger partial charge in [0, 0.05) is 5.56 Å². The van der Waals surface area contributed by atoms with Gasteiger partial charge in [0.2, 0.25) is 0 Å². The van der Waals surface area contributed by atoms with E-state index in [1.54, 1.807) is 0 Å². The number of amides is 2. The Labute approximate surface area is 109 Å².